The molecule has 0 bridgehead atoms. The minimum absolute atomic E-state index is 0.0161. The van der Waals surface area contributed by atoms with E-state index in [1.807, 2.05) is 6.08 Å². The summed E-state index contributed by atoms with van der Waals surface area (Å²) in [4.78, 5) is 22.1. The minimum atomic E-state index is -0.724. The summed E-state index contributed by atoms with van der Waals surface area (Å²) >= 11 is 0. The standard InChI is InChI=1S/C21H36O3/c1-3-4-5-6-7-8-9-10-13-16-20(19(2)22)17-14-11-12-15-18-21(23)24/h8-9,13,16,20H,3-7,10-12,14-15,17-18H2,1-2H3,(H,23,24)/b9-8+,16-13+. The van der Waals surface area contributed by atoms with Gasteiger partial charge in [-0.25, -0.2) is 0 Å². The molecule has 3 heteroatoms. The van der Waals surface area contributed by atoms with Gasteiger partial charge in [0.2, 0.25) is 0 Å². The summed E-state index contributed by atoms with van der Waals surface area (Å²) in [6.07, 6.45) is 20.6. The van der Waals surface area contributed by atoms with Crippen molar-refractivity contribution < 1.29 is 14.7 Å². The lowest BCUT2D eigenvalue weighted by Crippen LogP contribution is -2.07. The quantitative estimate of drug-likeness (QED) is 0.274. The van der Waals surface area contributed by atoms with E-state index >= 15 is 0 Å². The Bertz CT molecular complexity index is 383. The van der Waals surface area contributed by atoms with Gasteiger partial charge in [-0.1, -0.05) is 69.8 Å². The van der Waals surface area contributed by atoms with Crippen LogP contribution in [0, 0.1) is 5.92 Å². The van der Waals surface area contributed by atoms with Gasteiger partial charge in [0.25, 0.3) is 0 Å². The minimum Gasteiger partial charge on any atom is -0.481 e. The van der Waals surface area contributed by atoms with Crippen LogP contribution in [0.4, 0.5) is 0 Å². The van der Waals surface area contributed by atoms with Crippen molar-refractivity contribution in [2.45, 2.75) is 90.9 Å². The Balaban J connectivity index is 3.80. The Morgan fingerprint density at radius 2 is 1.62 bits per heavy atom. The summed E-state index contributed by atoms with van der Waals surface area (Å²) in [7, 11) is 0. The van der Waals surface area contributed by atoms with Crippen molar-refractivity contribution in [1.29, 1.82) is 0 Å². The third-order valence-corrected chi connectivity index (χ3v) is 4.21. The molecule has 0 aromatic heterocycles. The third kappa shape index (κ3) is 15.5. The molecule has 0 rings (SSSR count). The van der Waals surface area contributed by atoms with E-state index in [1.54, 1.807) is 6.92 Å². The van der Waals surface area contributed by atoms with E-state index < -0.39 is 5.97 Å². The number of carbonyl (C=O) groups excluding carboxylic acids is 1. The van der Waals surface area contributed by atoms with Crippen molar-refractivity contribution in [2.75, 3.05) is 0 Å². The van der Waals surface area contributed by atoms with Gasteiger partial charge in [0, 0.05) is 12.3 Å². The molecule has 0 aliphatic rings. The second-order valence-electron chi connectivity index (χ2n) is 6.55. The first-order chi connectivity index (χ1) is 11.6. The van der Waals surface area contributed by atoms with E-state index in [2.05, 4.69) is 25.2 Å². The highest BCUT2D eigenvalue weighted by atomic mass is 16.4. The number of allylic oxidation sites excluding steroid dienone is 4. The summed E-state index contributed by atoms with van der Waals surface area (Å²) in [5.41, 5.74) is 0. The number of Topliss-reactive ketones (excluding diaryl/α,β-unsaturated/α-hetero) is 1. The molecule has 0 aliphatic carbocycles. The summed E-state index contributed by atoms with van der Waals surface area (Å²) < 4.78 is 0. The molecule has 3 nitrogen and oxygen atoms in total. The molecule has 1 atom stereocenters. The summed E-state index contributed by atoms with van der Waals surface area (Å²) in [5, 5.41) is 8.58. The van der Waals surface area contributed by atoms with Crippen LogP contribution in [0.15, 0.2) is 24.3 Å². The molecule has 0 fully saturated rings. The highest BCUT2D eigenvalue weighted by Gasteiger charge is 2.09. The zero-order valence-electron chi connectivity index (χ0n) is 15.6. The molecule has 0 aromatic rings. The fourth-order valence-electron chi connectivity index (χ4n) is 2.65. The van der Waals surface area contributed by atoms with Crippen LogP contribution in [-0.2, 0) is 9.59 Å². The molecular formula is C21H36O3. The first-order valence-corrected chi connectivity index (χ1v) is 9.61. The van der Waals surface area contributed by atoms with Gasteiger partial charge in [0.15, 0.2) is 0 Å². The van der Waals surface area contributed by atoms with E-state index in [0.717, 1.165) is 44.9 Å². The maximum absolute atomic E-state index is 11.7. The van der Waals surface area contributed by atoms with Gasteiger partial charge in [-0.15, -0.1) is 0 Å². The number of carbonyl (C=O) groups is 2. The van der Waals surface area contributed by atoms with Crippen LogP contribution in [0.1, 0.15) is 90.9 Å². The summed E-state index contributed by atoms with van der Waals surface area (Å²) in [6.45, 7) is 3.88. The zero-order chi connectivity index (χ0) is 18.0. The number of unbranched alkanes of at least 4 members (excludes halogenated alkanes) is 7. The number of hydrogen-bond donors (Lipinski definition) is 1. The van der Waals surface area contributed by atoms with E-state index in [1.165, 1.54) is 25.7 Å². The SMILES string of the molecule is CCCCCC/C=C/C/C=C/C(CCCCCCC(=O)O)C(C)=O. The zero-order valence-corrected chi connectivity index (χ0v) is 15.6. The number of aliphatic carboxylic acids is 1. The van der Waals surface area contributed by atoms with Crippen LogP contribution in [0.3, 0.4) is 0 Å². The maximum atomic E-state index is 11.7. The molecule has 0 amide bonds. The van der Waals surface area contributed by atoms with Crippen LogP contribution in [-0.4, -0.2) is 16.9 Å². The van der Waals surface area contributed by atoms with Crippen LogP contribution in [0.25, 0.3) is 0 Å². The van der Waals surface area contributed by atoms with Gasteiger partial charge in [-0.3, -0.25) is 9.59 Å². The van der Waals surface area contributed by atoms with Crippen molar-refractivity contribution in [2.24, 2.45) is 5.92 Å². The second-order valence-corrected chi connectivity index (χ2v) is 6.55. The number of ketones is 1. The normalized spacial score (nSPS) is 12.9. The van der Waals surface area contributed by atoms with Crippen molar-refractivity contribution in [1.82, 2.24) is 0 Å². The Hall–Kier alpha value is -1.38. The van der Waals surface area contributed by atoms with Crippen LogP contribution >= 0.6 is 0 Å². The van der Waals surface area contributed by atoms with Crippen LogP contribution in [0.5, 0.6) is 0 Å². The van der Waals surface area contributed by atoms with E-state index in [-0.39, 0.29) is 18.1 Å². The fraction of sp³-hybridized carbons (Fsp3) is 0.714. The van der Waals surface area contributed by atoms with Gasteiger partial charge < -0.3 is 5.11 Å². The Labute approximate surface area is 148 Å². The summed E-state index contributed by atoms with van der Waals surface area (Å²) in [6, 6.07) is 0. The van der Waals surface area contributed by atoms with Crippen molar-refractivity contribution in [3.8, 4) is 0 Å². The molecule has 0 aliphatic heterocycles. The molecule has 0 radical (unpaired) electrons. The predicted molar refractivity (Wildman–Crippen MR) is 101 cm³/mol. The molecule has 1 unspecified atom stereocenters. The molecule has 0 heterocycles. The second kappa shape index (κ2) is 16.5. The Morgan fingerprint density at radius 1 is 0.917 bits per heavy atom. The van der Waals surface area contributed by atoms with Gasteiger partial charge in [-0.05, 0) is 39.0 Å². The topological polar surface area (TPSA) is 54.4 Å². The molecular weight excluding hydrogens is 300 g/mol. The number of rotatable bonds is 16. The lowest BCUT2D eigenvalue weighted by atomic mass is 9.96. The van der Waals surface area contributed by atoms with Gasteiger partial charge >= 0.3 is 5.97 Å². The average Bonchev–Trinajstić information content (AvgIpc) is 2.53. The largest absolute Gasteiger partial charge is 0.481 e. The molecule has 0 saturated heterocycles. The van der Waals surface area contributed by atoms with Crippen LogP contribution in [0.2, 0.25) is 0 Å². The van der Waals surface area contributed by atoms with Crippen molar-refractivity contribution >= 4 is 11.8 Å². The van der Waals surface area contributed by atoms with E-state index in [4.69, 9.17) is 5.11 Å². The summed E-state index contributed by atoms with van der Waals surface area (Å²) in [5.74, 6) is -0.485. The Morgan fingerprint density at radius 3 is 2.29 bits per heavy atom. The molecule has 138 valence electrons. The van der Waals surface area contributed by atoms with Crippen molar-refractivity contribution in [3.05, 3.63) is 24.3 Å². The molecule has 1 N–H and O–H groups in total. The predicted octanol–water partition coefficient (Wildman–Crippen LogP) is 6.09. The van der Waals surface area contributed by atoms with Gasteiger partial charge in [0.1, 0.15) is 5.78 Å². The third-order valence-electron chi connectivity index (χ3n) is 4.21. The monoisotopic (exact) mass is 336 g/mol. The smallest absolute Gasteiger partial charge is 0.303 e. The van der Waals surface area contributed by atoms with Gasteiger partial charge in [0.05, 0.1) is 0 Å². The molecule has 24 heavy (non-hydrogen) atoms. The highest BCUT2D eigenvalue weighted by Crippen LogP contribution is 2.14. The first-order valence-electron chi connectivity index (χ1n) is 9.61. The lowest BCUT2D eigenvalue weighted by molar-refractivity contribution is -0.137. The average molecular weight is 337 g/mol. The fourth-order valence-corrected chi connectivity index (χ4v) is 2.65. The Kier molecular flexibility index (Phi) is 15.5. The molecule has 0 aromatic carbocycles. The number of carboxylic acids is 1. The van der Waals surface area contributed by atoms with Crippen molar-refractivity contribution in [3.63, 3.8) is 0 Å². The molecule has 0 spiro atoms. The molecule has 0 saturated carbocycles. The lowest BCUT2D eigenvalue weighted by Gasteiger charge is -2.08. The van der Waals surface area contributed by atoms with Gasteiger partial charge in [-0.2, -0.15) is 0 Å². The maximum Gasteiger partial charge on any atom is 0.303 e. The highest BCUT2D eigenvalue weighted by molar-refractivity contribution is 5.79. The number of hydrogen-bond acceptors (Lipinski definition) is 2. The van der Waals surface area contributed by atoms with E-state index in [0.29, 0.717) is 0 Å². The first kappa shape index (κ1) is 22.6. The van der Waals surface area contributed by atoms with E-state index in [9.17, 15) is 9.59 Å². The van der Waals surface area contributed by atoms with Crippen LogP contribution < -0.4 is 0 Å². The number of carboxylic acid groups (broad SMARTS) is 1.